The van der Waals surface area contributed by atoms with E-state index in [1.54, 1.807) is 0 Å². The van der Waals surface area contributed by atoms with Crippen LogP contribution in [0.2, 0.25) is 0 Å². The van der Waals surface area contributed by atoms with E-state index in [2.05, 4.69) is 21.2 Å². The normalized spacial score (nSPS) is 10.0. The molecule has 0 aliphatic heterocycles. The lowest BCUT2D eigenvalue weighted by molar-refractivity contribution is 0.155. The first kappa shape index (κ1) is 13.6. The van der Waals surface area contributed by atoms with Crippen molar-refractivity contribution in [1.29, 1.82) is 0 Å². The predicted octanol–water partition coefficient (Wildman–Crippen LogP) is 4.51. The van der Waals surface area contributed by atoms with Crippen LogP contribution in [0.15, 0.2) is 53.0 Å². The van der Waals surface area contributed by atoms with E-state index in [1.165, 1.54) is 0 Å². The van der Waals surface area contributed by atoms with Gasteiger partial charge in [0.2, 0.25) is 0 Å². The van der Waals surface area contributed by atoms with Gasteiger partial charge in [-0.15, -0.1) is 0 Å². The van der Waals surface area contributed by atoms with Crippen molar-refractivity contribution >= 4 is 27.7 Å². The summed E-state index contributed by atoms with van der Waals surface area (Å²) in [4.78, 5) is 11.7. The van der Waals surface area contributed by atoms with Gasteiger partial charge in [0.15, 0.2) is 0 Å². The first-order valence-corrected chi connectivity index (χ1v) is 6.68. The Morgan fingerprint density at radius 3 is 2.63 bits per heavy atom. The lowest BCUT2D eigenvalue weighted by Gasteiger charge is -2.09. The highest BCUT2D eigenvalue weighted by atomic mass is 79.9. The van der Waals surface area contributed by atoms with Gasteiger partial charge in [0.25, 0.3) is 0 Å². The third kappa shape index (κ3) is 4.10. The highest BCUT2D eigenvalue weighted by molar-refractivity contribution is 9.10. The lowest BCUT2D eigenvalue weighted by Crippen LogP contribution is -2.14. The van der Waals surface area contributed by atoms with Gasteiger partial charge < -0.3 is 4.74 Å². The van der Waals surface area contributed by atoms with Crippen molar-refractivity contribution in [2.75, 3.05) is 5.32 Å². The van der Waals surface area contributed by atoms with E-state index >= 15 is 0 Å². The van der Waals surface area contributed by atoms with Gasteiger partial charge in [-0.2, -0.15) is 0 Å². The Balaban J connectivity index is 1.91. The van der Waals surface area contributed by atoms with Gasteiger partial charge in [-0.3, -0.25) is 5.32 Å². The van der Waals surface area contributed by atoms with Crippen LogP contribution in [0, 0.1) is 6.92 Å². The zero-order valence-corrected chi connectivity index (χ0v) is 12.1. The largest absolute Gasteiger partial charge is 0.444 e. The molecule has 0 heterocycles. The fourth-order valence-corrected chi connectivity index (χ4v) is 2.11. The number of rotatable bonds is 3. The number of halogens is 1. The highest BCUT2D eigenvalue weighted by Crippen LogP contribution is 2.20. The third-order valence-corrected chi connectivity index (χ3v) is 3.13. The second kappa shape index (κ2) is 6.38. The summed E-state index contributed by atoms with van der Waals surface area (Å²) >= 11 is 3.38. The van der Waals surface area contributed by atoms with Gasteiger partial charge in [0, 0.05) is 10.2 Å². The Kier molecular flexibility index (Phi) is 4.58. The number of nitrogens with one attached hydrogen (secondary N) is 1. The maximum absolute atomic E-state index is 11.7. The minimum atomic E-state index is -0.450. The number of carbonyl (C=O) groups is 1. The molecular weight excluding hydrogens is 306 g/mol. The first-order valence-electron chi connectivity index (χ1n) is 5.89. The molecule has 0 aliphatic carbocycles. The summed E-state index contributed by atoms with van der Waals surface area (Å²) in [7, 11) is 0. The fourth-order valence-electron chi connectivity index (χ4n) is 1.64. The molecule has 2 aromatic rings. The van der Waals surface area contributed by atoms with Gasteiger partial charge in [0.05, 0.1) is 0 Å². The standard InChI is InChI=1S/C15H14BrNO2/c1-11-9-13(16)7-8-14(11)17-15(18)19-10-12-5-3-2-4-6-12/h2-9H,10H2,1H3,(H,17,18). The molecule has 0 radical (unpaired) electrons. The number of anilines is 1. The van der Waals surface area contributed by atoms with Crippen LogP contribution in [0.1, 0.15) is 11.1 Å². The van der Waals surface area contributed by atoms with Crippen molar-refractivity contribution in [3.63, 3.8) is 0 Å². The number of benzene rings is 2. The van der Waals surface area contributed by atoms with E-state index in [0.717, 1.165) is 21.3 Å². The predicted molar refractivity (Wildman–Crippen MR) is 79.1 cm³/mol. The van der Waals surface area contributed by atoms with Crippen molar-refractivity contribution in [1.82, 2.24) is 0 Å². The van der Waals surface area contributed by atoms with E-state index in [9.17, 15) is 4.79 Å². The SMILES string of the molecule is Cc1cc(Br)ccc1NC(=O)OCc1ccccc1. The van der Waals surface area contributed by atoms with E-state index < -0.39 is 6.09 Å². The molecule has 0 atom stereocenters. The highest BCUT2D eigenvalue weighted by Gasteiger charge is 2.06. The van der Waals surface area contributed by atoms with Crippen LogP contribution in [-0.4, -0.2) is 6.09 Å². The summed E-state index contributed by atoms with van der Waals surface area (Å²) in [6.07, 6.45) is -0.450. The minimum Gasteiger partial charge on any atom is -0.444 e. The molecule has 1 amide bonds. The molecule has 0 saturated heterocycles. The molecular formula is C15H14BrNO2. The average molecular weight is 320 g/mol. The molecule has 0 spiro atoms. The number of hydrogen-bond donors (Lipinski definition) is 1. The second-order valence-corrected chi connectivity index (χ2v) is 5.06. The quantitative estimate of drug-likeness (QED) is 0.904. The summed E-state index contributed by atoms with van der Waals surface area (Å²) in [5.41, 5.74) is 2.69. The van der Waals surface area contributed by atoms with Crippen LogP contribution in [0.3, 0.4) is 0 Å². The van der Waals surface area contributed by atoms with E-state index in [4.69, 9.17) is 4.74 Å². The smallest absolute Gasteiger partial charge is 0.411 e. The van der Waals surface area contributed by atoms with E-state index in [0.29, 0.717) is 0 Å². The topological polar surface area (TPSA) is 38.3 Å². The van der Waals surface area contributed by atoms with Crippen molar-refractivity contribution in [3.8, 4) is 0 Å². The lowest BCUT2D eigenvalue weighted by atomic mass is 10.2. The average Bonchev–Trinajstić information content (AvgIpc) is 2.41. The second-order valence-electron chi connectivity index (χ2n) is 4.15. The Labute approximate surface area is 120 Å². The van der Waals surface area contributed by atoms with Gasteiger partial charge in [-0.05, 0) is 36.2 Å². The van der Waals surface area contributed by atoms with Crippen LogP contribution >= 0.6 is 15.9 Å². The molecule has 0 unspecified atom stereocenters. The molecule has 3 nitrogen and oxygen atoms in total. The number of aryl methyl sites for hydroxylation is 1. The summed E-state index contributed by atoms with van der Waals surface area (Å²) < 4.78 is 6.14. The van der Waals surface area contributed by atoms with E-state index in [-0.39, 0.29) is 6.61 Å². The van der Waals surface area contributed by atoms with Crippen molar-refractivity contribution in [2.45, 2.75) is 13.5 Å². The summed E-state index contributed by atoms with van der Waals surface area (Å²) in [5, 5.41) is 2.73. The Bertz CT molecular complexity index is 570. The molecule has 0 aliphatic rings. The van der Waals surface area contributed by atoms with Crippen LogP contribution in [0.4, 0.5) is 10.5 Å². The Morgan fingerprint density at radius 1 is 1.21 bits per heavy atom. The fraction of sp³-hybridized carbons (Fsp3) is 0.133. The van der Waals surface area contributed by atoms with Crippen molar-refractivity contribution in [3.05, 3.63) is 64.1 Å². The van der Waals surface area contributed by atoms with Crippen LogP contribution in [-0.2, 0) is 11.3 Å². The van der Waals surface area contributed by atoms with Crippen molar-refractivity contribution < 1.29 is 9.53 Å². The van der Waals surface area contributed by atoms with E-state index in [1.807, 2.05) is 55.5 Å². The monoisotopic (exact) mass is 319 g/mol. The number of hydrogen-bond acceptors (Lipinski definition) is 2. The minimum absolute atomic E-state index is 0.266. The molecule has 19 heavy (non-hydrogen) atoms. The summed E-state index contributed by atoms with van der Waals surface area (Å²) in [5.74, 6) is 0. The molecule has 0 bridgehead atoms. The van der Waals surface area contributed by atoms with Crippen LogP contribution in [0.5, 0.6) is 0 Å². The Morgan fingerprint density at radius 2 is 1.95 bits per heavy atom. The molecule has 0 aromatic heterocycles. The van der Waals surface area contributed by atoms with Gasteiger partial charge >= 0.3 is 6.09 Å². The van der Waals surface area contributed by atoms with Crippen LogP contribution < -0.4 is 5.32 Å². The molecule has 98 valence electrons. The van der Waals surface area contributed by atoms with Crippen LogP contribution in [0.25, 0.3) is 0 Å². The molecule has 2 rings (SSSR count). The summed E-state index contributed by atoms with van der Waals surface area (Å²) in [6.45, 7) is 2.19. The molecule has 0 fully saturated rings. The zero-order chi connectivity index (χ0) is 13.7. The summed E-state index contributed by atoms with van der Waals surface area (Å²) in [6, 6.07) is 15.2. The van der Waals surface area contributed by atoms with Crippen molar-refractivity contribution in [2.24, 2.45) is 0 Å². The molecule has 0 saturated carbocycles. The third-order valence-electron chi connectivity index (χ3n) is 2.64. The van der Waals surface area contributed by atoms with Gasteiger partial charge in [-0.25, -0.2) is 4.79 Å². The Hall–Kier alpha value is -1.81. The maximum Gasteiger partial charge on any atom is 0.411 e. The number of ether oxygens (including phenoxy) is 1. The molecule has 2 aromatic carbocycles. The molecule has 1 N–H and O–H groups in total. The number of amides is 1. The zero-order valence-electron chi connectivity index (χ0n) is 10.5. The van der Waals surface area contributed by atoms with Gasteiger partial charge in [-0.1, -0.05) is 46.3 Å². The first-order chi connectivity index (χ1) is 9.15. The maximum atomic E-state index is 11.7. The number of carbonyl (C=O) groups excluding carboxylic acids is 1. The molecule has 4 heteroatoms. The van der Waals surface area contributed by atoms with Gasteiger partial charge in [0.1, 0.15) is 6.61 Å².